The number of carbonyl (C=O) groups is 1. The van der Waals surface area contributed by atoms with Crippen LogP contribution < -0.4 is 5.73 Å². The van der Waals surface area contributed by atoms with Gasteiger partial charge in [-0.1, -0.05) is 0 Å². The second kappa shape index (κ2) is 4.55. The van der Waals surface area contributed by atoms with Gasteiger partial charge in [-0.15, -0.1) is 24.0 Å². The molecule has 5 heteroatoms. The first-order valence-corrected chi connectivity index (χ1v) is 6.32. The zero-order valence-corrected chi connectivity index (χ0v) is 10.1. The fourth-order valence-electron chi connectivity index (χ4n) is 1.70. The van der Waals surface area contributed by atoms with Crippen molar-refractivity contribution in [3.05, 3.63) is 16.3 Å². The minimum absolute atomic E-state index is 0.118. The van der Waals surface area contributed by atoms with Crippen LogP contribution in [0.3, 0.4) is 0 Å². The van der Waals surface area contributed by atoms with Crippen LogP contribution in [-0.2, 0) is 0 Å². The summed E-state index contributed by atoms with van der Waals surface area (Å²) in [6.07, 6.45) is 1.82. The molecule has 0 unspecified atom stereocenters. The van der Waals surface area contributed by atoms with Crippen molar-refractivity contribution in [1.82, 2.24) is 4.90 Å². The summed E-state index contributed by atoms with van der Waals surface area (Å²) in [7, 11) is 0. The molecule has 2 rings (SSSR count). The molecule has 1 aliphatic rings. The van der Waals surface area contributed by atoms with Crippen LogP contribution in [-0.4, -0.2) is 29.9 Å². The molecule has 82 valence electrons. The predicted molar refractivity (Wildman–Crippen MR) is 64.7 cm³/mol. The van der Waals surface area contributed by atoms with E-state index in [1.165, 1.54) is 11.3 Å². The Bertz CT molecular complexity index is 356. The topological polar surface area (TPSA) is 46.3 Å². The van der Waals surface area contributed by atoms with Gasteiger partial charge in [0, 0.05) is 29.4 Å². The molecule has 0 bridgehead atoms. The molecule has 15 heavy (non-hydrogen) atoms. The zero-order chi connectivity index (χ0) is 10.8. The van der Waals surface area contributed by atoms with Gasteiger partial charge in [0.15, 0.2) is 0 Å². The van der Waals surface area contributed by atoms with Gasteiger partial charge in [-0.25, -0.2) is 0 Å². The lowest BCUT2D eigenvalue weighted by atomic mass is 10.1. The van der Waals surface area contributed by atoms with Gasteiger partial charge in [0.05, 0.1) is 4.88 Å². The quantitative estimate of drug-likeness (QED) is 0.735. The number of hydrogen-bond donors (Lipinski definition) is 2. The second-order valence-electron chi connectivity index (χ2n) is 3.80. The summed E-state index contributed by atoms with van der Waals surface area (Å²) in [4.78, 5) is 15.5. The first-order valence-electron chi connectivity index (χ1n) is 4.99. The highest BCUT2D eigenvalue weighted by atomic mass is 32.1. The zero-order valence-electron chi connectivity index (χ0n) is 8.35. The largest absolute Gasteiger partial charge is 0.338 e. The number of hydrogen-bond acceptors (Lipinski definition) is 4. The van der Waals surface area contributed by atoms with E-state index in [1.54, 1.807) is 0 Å². The number of amides is 1. The number of likely N-dealkylation sites (tertiary alicyclic amines) is 1. The number of nitrogens with zero attached hydrogens (tertiary/aromatic N) is 1. The maximum Gasteiger partial charge on any atom is 0.263 e. The van der Waals surface area contributed by atoms with Gasteiger partial charge in [-0.05, 0) is 18.9 Å². The van der Waals surface area contributed by atoms with E-state index in [9.17, 15) is 4.79 Å². The van der Waals surface area contributed by atoms with Gasteiger partial charge in [-0.2, -0.15) is 0 Å². The van der Waals surface area contributed by atoms with E-state index in [4.69, 9.17) is 5.73 Å². The van der Waals surface area contributed by atoms with Crippen LogP contribution in [0, 0.1) is 0 Å². The maximum absolute atomic E-state index is 12.0. The highest BCUT2D eigenvalue weighted by molar-refractivity contribution is 7.80. The molecule has 0 radical (unpaired) electrons. The molecule has 0 aliphatic carbocycles. The van der Waals surface area contributed by atoms with Crippen LogP contribution >= 0.6 is 24.0 Å². The Kier molecular flexibility index (Phi) is 3.33. The van der Waals surface area contributed by atoms with Crippen molar-refractivity contribution in [2.24, 2.45) is 5.73 Å². The van der Waals surface area contributed by atoms with Crippen LogP contribution in [0.25, 0.3) is 0 Å². The van der Waals surface area contributed by atoms with Gasteiger partial charge < -0.3 is 10.6 Å². The highest BCUT2D eigenvalue weighted by Gasteiger charge is 2.22. The first kappa shape index (κ1) is 11.0. The lowest BCUT2D eigenvalue weighted by Gasteiger charge is -2.29. The summed E-state index contributed by atoms with van der Waals surface area (Å²) >= 11 is 5.65. The van der Waals surface area contributed by atoms with E-state index in [2.05, 4.69) is 12.6 Å². The van der Waals surface area contributed by atoms with E-state index in [0.717, 1.165) is 35.7 Å². The average molecular weight is 242 g/mol. The van der Waals surface area contributed by atoms with Gasteiger partial charge in [-0.3, -0.25) is 4.79 Å². The summed E-state index contributed by atoms with van der Waals surface area (Å²) in [6.45, 7) is 1.56. The van der Waals surface area contributed by atoms with Crippen LogP contribution in [0.4, 0.5) is 0 Å². The van der Waals surface area contributed by atoms with Gasteiger partial charge in [0.1, 0.15) is 0 Å². The van der Waals surface area contributed by atoms with Crippen molar-refractivity contribution < 1.29 is 4.79 Å². The minimum Gasteiger partial charge on any atom is -0.338 e. The summed E-state index contributed by atoms with van der Waals surface area (Å²) < 4.78 is 0. The first-order chi connectivity index (χ1) is 7.16. The average Bonchev–Trinajstić information content (AvgIpc) is 2.65. The van der Waals surface area contributed by atoms with Crippen molar-refractivity contribution in [1.29, 1.82) is 0 Å². The number of rotatable bonds is 1. The lowest BCUT2D eigenvalue weighted by Crippen LogP contribution is -2.42. The third-order valence-electron chi connectivity index (χ3n) is 2.62. The Morgan fingerprint density at radius 3 is 2.73 bits per heavy atom. The number of carbonyl (C=O) groups excluding carboxylic acids is 1. The van der Waals surface area contributed by atoms with E-state index in [1.807, 2.05) is 16.3 Å². The highest BCUT2D eigenvalue weighted by Crippen LogP contribution is 2.21. The molecule has 2 heterocycles. The molecular weight excluding hydrogens is 228 g/mol. The Labute approximate surface area is 98.7 Å². The molecular formula is C10H14N2OS2. The standard InChI is InChI=1S/C10H14N2OS2/c11-7-1-3-12(4-2-7)10(13)9-5-8(14)6-15-9/h5-7,14H,1-4,11H2. The number of piperidine rings is 1. The Morgan fingerprint density at radius 1 is 1.53 bits per heavy atom. The summed E-state index contributed by atoms with van der Waals surface area (Å²) in [6, 6.07) is 2.09. The lowest BCUT2D eigenvalue weighted by molar-refractivity contribution is 0.0719. The minimum atomic E-state index is 0.118. The molecule has 1 fully saturated rings. The predicted octanol–water partition coefficient (Wildman–Crippen LogP) is 1.60. The van der Waals surface area contributed by atoms with Gasteiger partial charge in [0.2, 0.25) is 0 Å². The summed E-state index contributed by atoms with van der Waals surface area (Å²) in [5, 5.41) is 1.88. The van der Waals surface area contributed by atoms with E-state index in [-0.39, 0.29) is 11.9 Å². The normalized spacial score (nSPS) is 18.1. The molecule has 0 saturated carbocycles. The number of nitrogens with two attached hydrogens (primary N) is 1. The van der Waals surface area contributed by atoms with Crippen molar-refractivity contribution in [2.45, 2.75) is 23.8 Å². The van der Waals surface area contributed by atoms with Crippen LogP contribution in [0.5, 0.6) is 0 Å². The smallest absolute Gasteiger partial charge is 0.263 e. The number of thiol groups is 1. The van der Waals surface area contributed by atoms with Crippen molar-refractivity contribution in [3.63, 3.8) is 0 Å². The SMILES string of the molecule is NC1CCN(C(=O)c2cc(S)cs2)CC1. The van der Waals surface area contributed by atoms with Crippen molar-refractivity contribution in [3.8, 4) is 0 Å². The summed E-state index contributed by atoms with van der Waals surface area (Å²) in [5.74, 6) is 0.118. The molecule has 0 atom stereocenters. The third kappa shape index (κ3) is 2.53. The van der Waals surface area contributed by atoms with E-state index < -0.39 is 0 Å². The number of thiophene rings is 1. The third-order valence-corrected chi connectivity index (χ3v) is 3.97. The maximum atomic E-state index is 12.0. The fraction of sp³-hybridized carbons (Fsp3) is 0.500. The van der Waals surface area contributed by atoms with E-state index in [0.29, 0.717) is 0 Å². The molecule has 0 aromatic carbocycles. The van der Waals surface area contributed by atoms with Crippen molar-refractivity contribution in [2.75, 3.05) is 13.1 Å². The van der Waals surface area contributed by atoms with Crippen LogP contribution in [0.1, 0.15) is 22.5 Å². The van der Waals surface area contributed by atoms with Crippen LogP contribution in [0.2, 0.25) is 0 Å². The molecule has 2 N–H and O–H groups in total. The molecule has 1 aromatic rings. The molecule has 1 saturated heterocycles. The Balaban J connectivity index is 2.02. The van der Waals surface area contributed by atoms with Crippen LogP contribution in [0.15, 0.2) is 16.3 Å². The van der Waals surface area contributed by atoms with Crippen molar-refractivity contribution >= 4 is 29.9 Å². The van der Waals surface area contributed by atoms with E-state index >= 15 is 0 Å². The van der Waals surface area contributed by atoms with Gasteiger partial charge in [0.25, 0.3) is 5.91 Å². The Hall–Kier alpha value is -0.520. The monoisotopic (exact) mass is 242 g/mol. The molecule has 1 aliphatic heterocycles. The molecule has 0 spiro atoms. The fourth-order valence-corrected chi connectivity index (χ4v) is 2.81. The van der Waals surface area contributed by atoms with Gasteiger partial charge >= 0.3 is 0 Å². The molecule has 1 aromatic heterocycles. The molecule has 3 nitrogen and oxygen atoms in total. The second-order valence-corrected chi connectivity index (χ2v) is 5.23. The Morgan fingerprint density at radius 2 is 2.20 bits per heavy atom. The molecule has 1 amide bonds. The summed E-state index contributed by atoms with van der Waals surface area (Å²) in [5.41, 5.74) is 5.79.